The molecule has 0 spiro atoms. The Balaban J connectivity index is 1.98. The Hall–Kier alpha value is -1.13. The Labute approximate surface area is 107 Å². The number of ether oxygens (including phenoxy) is 1. The summed E-state index contributed by atoms with van der Waals surface area (Å²) in [5.41, 5.74) is 7.32. The molecule has 0 radical (unpaired) electrons. The van der Waals surface area contributed by atoms with Crippen molar-refractivity contribution in [2.24, 2.45) is 5.73 Å². The van der Waals surface area contributed by atoms with E-state index in [0.29, 0.717) is 24.9 Å². The van der Waals surface area contributed by atoms with Crippen molar-refractivity contribution in [2.45, 2.75) is 38.0 Å². The summed E-state index contributed by atoms with van der Waals surface area (Å²) < 4.78 is 19.9. The van der Waals surface area contributed by atoms with E-state index >= 15 is 0 Å². The maximum atomic E-state index is 14.1. The van der Waals surface area contributed by atoms with Crippen LogP contribution in [0.1, 0.15) is 24.8 Å². The molecule has 1 saturated carbocycles. The van der Waals surface area contributed by atoms with Gasteiger partial charge in [-0.25, -0.2) is 4.39 Å². The van der Waals surface area contributed by atoms with Crippen LogP contribution in [0.5, 0.6) is 0 Å². The molecule has 1 saturated heterocycles. The predicted molar refractivity (Wildman–Crippen MR) is 69.0 cm³/mol. The Morgan fingerprint density at radius 2 is 2.28 bits per heavy atom. The van der Waals surface area contributed by atoms with Crippen molar-refractivity contribution in [2.75, 3.05) is 18.1 Å². The van der Waals surface area contributed by atoms with Crippen molar-refractivity contribution in [1.29, 1.82) is 0 Å². The van der Waals surface area contributed by atoms with Gasteiger partial charge >= 0.3 is 0 Å². The second-order valence-corrected chi connectivity index (χ2v) is 5.05. The molecule has 1 heterocycles. The third kappa shape index (κ3) is 1.89. The fourth-order valence-corrected chi connectivity index (χ4v) is 3.25. The topological polar surface area (TPSA) is 38.5 Å². The van der Waals surface area contributed by atoms with Crippen molar-refractivity contribution in [3.63, 3.8) is 0 Å². The van der Waals surface area contributed by atoms with E-state index in [4.69, 9.17) is 10.5 Å². The molecule has 0 aromatic heterocycles. The number of halogens is 1. The van der Waals surface area contributed by atoms with Crippen LogP contribution in [0.2, 0.25) is 0 Å². The Kier molecular flexibility index (Phi) is 3.22. The number of hydrogen-bond acceptors (Lipinski definition) is 3. The maximum Gasteiger partial charge on any atom is 0.146 e. The molecule has 98 valence electrons. The van der Waals surface area contributed by atoms with Crippen molar-refractivity contribution in [1.82, 2.24) is 0 Å². The lowest BCUT2D eigenvalue weighted by Gasteiger charge is -2.40. The summed E-state index contributed by atoms with van der Waals surface area (Å²) in [6.45, 7) is 1.82. The van der Waals surface area contributed by atoms with Crippen molar-refractivity contribution < 1.29 is 9.13 Å². The molecule has 0 amide bonds. The first-order chi connectivity index (χ1) is 8.81. The van der Waals surface area contributed by atoms with Gasteiger partial charge < -0.3 is 15.4 Å². The first kappa shape index (κ1) is 11.9. The highest BCUT2D eigenvalue weighted by Gasteiger charge is 2.37. The summed E-state index contributed by atoms with van der Waals surface area (Å²) in [5.74, 6) is -0.162. The Morgan fingerprint density at radius 1 is 1.39 bits per heavy atom. The molecule has 3 rings (SSSR count). The summed E-state index contributed by atoms with van der Waals surface area (Å²) in [4.78, 5) is 2.18. The van der Waals surface area contributed by atoms with Crippen molar-refractivity contribution in [3.05, 3.63) is 29.6 Å². The first-order valence-electron chi connectivity index (χ1n) is 6.67. The molecule has 2 N–H and O–H groups in total. The van der Waals surface area contributed by atoms with E-state index < -0.39 is 0 Å². The van der Waals surface area contributed by atoms with Crippen LogP contribution in [0.4, 0.5) is 10.1 Å². The van der Waals surface area contributed by atoms with Crippen LogP contribution < -0.4 is 10.6 Å². The van der Waals surface area contributed by atoms with Crippen LogP contribution in [-0.2, 0) is 11.3 Å². The number of nitrogens with zero attached hydrogens (tertiary/aromatic N) is 1. The van der Waals surface area contributed by atoms with Gasteiger partial charge in [0.15, 0.2) is 0 Å². The van der Waals surface area contributed by atoms with E-state index in [0.717, 1.165) is 31.4 Å². The van der Waals surface area contributed by atoms with Crippen LogP contribution >= 0.6 is 0 Å². The number of hydrogen-bond donors (Lipinski definition) is 1. The van der Waals surface area contributed by atoms with Crippen molar-refractivity contribution in [3.8, 4) is 0 Å². The quantitative estimate of drug-likeness (QED) is 0.873. The standard InChI is InChI=1S/C14H19FN2O/c15-11-4-1-3-10(9-16)14(11)17-7-8-18-13-6-2-5-12(13)17/h1,3-4,12-13H,2,5-9,16H2. The summed E-state index contributed by atoms with van der Waals surface area (Å²) in [5, 5.41) is 0. The molecule has 2 unspecified atom stereocenters. The highest BCUT2D eigenvalue weighted by Crippen LogP contribution is 2.35. The molecule has 4 heteroatoms. The average molecular weight is 250 g/mol. The van der Waals surface area contributed by atoms with Gasteiger partial charge in [0.2, 0.25) is 0 Å². The lowest BCUT2D eigenvalue weighted by atomic mass is 10.1. The van der Waals surface area contributed by atoms with Gasteiger partial charge in [-0.05, 0) is 30.9 Å². The zero-order valence-corrected chi connectivity index (χ0v) is 10.4. The van der Waals surface area contributed by atoms with Crippen LogP contribution in [-0.4, -0.2) is 25.3 Å². The largest absolute Gasteiger partial charge is 0.374 e. The Morgan fingerprint density at radius 3 is 3.11 bits per heavy atom. The predicted octanol–water partition coefficient (Wildman–Crippen LogP) is 2.04. The first-order valence-corrected chi connectivity index (χ1v) is 6.67. The highest BCUT2D eigenvalue weighted by atomic mass is 19.1. The number of benzene rings is 1. The van der Waals surface area contributed by atoms with Crippen LogP contribution in [0.25, 0.3) is 0 Å². The molecule has 1 aliphatic carbocycles. The van der Waals surface area contributed by atoms with E-state index in [2.05, 4.69) is 4.90 Å². The van der Waals surface area contributed by atoms with Crippen LogP contribution in [0, 0.1) is 5.82 Å². The van der Waals surface area contributed by atoms with Gasteiger partial charge in [0, 0.05) is 13.1 Å². The second-order valence-electron chi connectivity index (χ2n) is 5.05. The molecule has 2 aliphatic rings. The molecule has 1 aliphatic heterocycles. The maximum absolute atomic E-state index is 14.1. The molecule has 1 aromatic carbocycles. The molecule has 18 heavy (non-hydrogen) atoms. The summed E-state index contributed by atoms with van der Waals surface area (Å²) in [7, 11) is 0. The minimum absolute atomic E-state index is 0.162. The van der Waals surface area contributed by atoms with E-state index in [1.165, 1.54) is 6.07 Å². The normalized spacial score (nSPS) is 27.3. The zero-order chi connectivity index (χ0) is 12.5. The lowest BCUT2D eigenvalue weighted by Crippen LogP contribution is -2.49. The van der Waals surface area contributed by atoms with Gasteiger partial charge in [-0.2, -0.15) is 0 Å². The highest BCUT2D eigenvalue weighted by molar-refractivity contribution is 5.56. The van der Waals surface area contributed by atoms with E-state index in [1.54, 1.807) is 6.07 Å². The van der Waals surface area contributed by atoms with Crippen LogP contribution in [0.15, 0.2) is 18.2 Å². The summed E-state index contributed by atoms with van der Waals surface area (Å²) in [6, 6.07) is 5.49. The molecule has 1 aromatic rings. The smallest absolute Gasteiger partial charge is 0.146 e. The molecular weight excluding hydrogens is 231 g/mol. The molecule has 2 fully saturated rings. The SMILES string of the molecule is NCc1cccc(F)c1N1CCOC2CCCC21. The zero-order valence-electron chi connectivity index (χ0n) is 10.4. The monoisotopic (exact) mass is 250 g/mol. The summed E-state index contributed by atoms with van der Waals surface area (Å²) >= 11 is 0. The number of anilines is 1. The van der Waals surface area contributed by atoms with Gasteiger partial charge in [-0.15, -0.1) is 0 Å². The van der Waals surface area contributed by atoms with E-state index in [-0.39, 0.29) is 11.9 Å². The third-order valence-electron chi connectivity index (χ3n) is 4.06. The summed E-state index contributed by atoms with van der Waals surface area (Å²) in [6.07, 6.45) is 3.61. The van der Waals surface area contributed by atoms with E-state index in [9.17, 15) is 4.39 Å². The van der Waals surface area contributed by atoms with Gasteiger partial charge in [0.25, 0.3) is 0 Å². The molecule has 2 atom stereocenters. The number of fused-ring (bicyclic) bond motifs is 1. The number of para-hydroxylation sites is 1. The molecule has 0 bridgehead atoms. The van der Waals surface area contributed by atoms with E-state index in [1.807, 2.05) is 6.07 Å². The number of morpholine rings is 1. The van der Waals surface area contributed by atoms with Gasteiger partial charge in [-0.1, -0.05) is 12.1 Å². The number of rotatable bonds is 2. The third-order valence-corrected chi connectivity index (χ3v) is 4.06. The fraction of sp³-hybridized carbons (Fsp3) is 0.571. The molecular formula is C14H19FN2O. The fourth-order valence-electron chi connectivity index (χ4n) is 3.25. The second kappa shape index (κ2) is 4.86. The molecule has 3 nitrogen and oxygen atoms in total. The van der Waals surface area contributed by atoms with Gasteiger partial charge in [0.05, 0.1) is 24.4 Å². The van der Waals surface area contributed by atoms with Crippen molar-refractivity contribution >= 4 is 5.69 Å². The van der Waals surface area contributed by atoms with Gasteiger partial charge in [0.1, 0.15) is 5.82 Å². The number of nitrogens with two attached hydrogens (primary N) is 1. The average Bonchev–Trinajstić information content (AvgIpc) is 2.86. The Bertz CT molecular complexity index is 438. The van der Waals surface area contributed by atoms with Gasteiger partial charge in [-0.3, -0.25) is 0 Å². The van der Waals surface area contributed by atoms with Crippen LogP contribution in [0.3, 0.4) is 0 Å². The minimum Gasteiger partial charge on any atom is -0.374 e. The lowest BCUT2D eigenvalue weighted by molar-refractivity contribution is 0.0253. The minimum atomic E-state index is -0.162.